The second-order valence-electron chi connectivity index (χ2n) is 12.4. The summed E-state index contributed by atoms with van der Waals surface area (Å²) in [4.78, 5) is 46.4. The highest BCUT2D eigenvalue weighted by molar-refractivity contribution is 5.99. The number of nitrogens with one attached hydrogen (secondary N) is 1. The quantitative estimate of drug-likeness (QED) is 0.607. The van der Waals surface area contributed by atoms with E-state index in [4.69, 9.17) is 4.74 Å². The van der Waals surface area contributed by atoms with Gasteiger partial charge in [0.1, 0.15) is 18.7 Å². The number of ketones is 1. The third-order valence-electron chi connectivity index (χ3n) is 8.47. The summed E-state index contributed by atoms with van der Waals surface area (Å²) < 4.78 is 5.85. The van der Waals surface area contributed by atoms with E-state index in [0.29, 0.717) is 24.4 Å². The molecule has 4 fully saturated rings. The predicted molar refractivity (Wildman–Crippen MR) is 143 cm³/mol. The van der Waals surface area contributed by atoms with Gasteiger partial charge in [0.25, 0.3) is 5.91 Å². The molecule has 1 aromatic rings. The lowest BCUT2D eigenvalue weighted by molar-refractivity contribution is -0.138. The summed E-state index contributed by atoms with van der Waals surface area (Å²) >= 11 is 0. The Morgan fingerprint density at radius 3 is 2.35 bits per heavy atom. The predicted octanol–water partition coefficient (Wildman–Crippen LogP) is 2.57. The first-order chi connectivity index (χ1) is 17.6. The number of nitrogens with zero attached hydrogens (tertiary/aromatic N) is 3. The molecule has 0 aromatic heterocycles. The van der Waals surface area contributed by atoms with Crippen LogP contribution in [0.4, 0.5) is 5.69 Å². The van der Waals surface area contributed by atoms with Crippen molar-refractivity contribution in [3.63, 3.8) is 0 Å². The van der Waals surface area contributed by atoms with Gasteiger partial charge in [-0.25, -0.2) is 0 Å². The van der Waals surface area contributed by atoms with E-state index < -0.39 is 12.1 Å². The number of carbonyl (C=O) groups is 3. The lowest BCUT2D eigenvalue weighted by atomic mass is 9.87. The Balaban J connectivity index is 1.28. The molecular weight excluding hydrogens is 468 g/mol. The number of benzene rings is 1. The van der Waals surface area contributed by atoms with Gasteiger partial charge < -0.3 is 24.8 Å². The molecule has 0 bridgehead atoms. The van der Waals surface area contributed by atoms with E-state index in [1.807, 2.05) is 24.3 Å². The molecule has 1 saturated carbocycles. The summed E-state index contributed by atoms with van der Waals surface area (Å²) in [6, 6.07) is 6.48. The molecule has 2 amide bonds. The van der Waals surface area contributed by atoms with Gasteiger partial charge in [-0.1, -0.05) is 27.7 Å². The second kappa shape index (κ2) is 10.4. The number of Topliss-reactive ketones (excluding diaryl/α,β-unsaturated/α-hetero) is 1. The molecule has 202 valence electrons. The summed E-state index contributed by atoms with van der Waals surface area (Å²) in [5, 5.41) is 3.03. The van der Waals surface area contributed by atoms with Crippen LogP contribution in [0.3, 0.4) is 0 Å². The fourth-order valence-corrected chi connectivity index (χ4v) is 6.26. The number of rotatable bonds is 7. The van der Waals surface area contributed by atoms with E-state index in [2.05, 4.69) is 42.8 Å². The van der Waals surface area contributed by atoms with E-state index in [1.165, 1.54) is 0 Å². The standard InChI is InChI=1S/C29H42N4O4/c1-5-31-12-14-32(15-13-31)21-10-8-20(9-11-21)27(35)30-23(16-29(2,3)4)28(36)33-17-22(19-6-7-19)26-25(33)24(34)18-37-26/h8-11,19,22-23,25-26H,5-7,12-18H2,1-4H3,(H,30,35)/t22-,23+,25-,26-/m1/s1. The van der Waals surface area contributed by atoms with Crippen LogP contribution in [0.5, 0.6) is 0 Å². The Hall–Kier alpha value is -2.45. The van der Waals surface area contributed by atoms with Gasteiger partial charge in [-0.15, -0.1) is 0 Å². The Morgan fingerprint density at radius 2 is 1.76 bits per heavy atom. The highest BCUT2D eigenvalue weighted by Crippen LogP contribution is 2.46. The molecule has 3 heterocycles. The minimum Gasteiger partial charge on any atom is -0.369 e. The maximum Gasteiger partial charge on any atom is 0.251 e. The smallest absolute Gasteiger partial charge is 0.251 e. The fraction of sp³-hybridized carbons (Fsp3) is 0.690. The minimum atomic E-state index is -0.693. The molecular formula is C29H42N4O4. The maximum absolute atomic E-state index is 13.9. The summed E-state index contributed by atoms with van der Waals surface area (Å²) in [5.41, 5.74) is 1.48. The first-order valence-electron chi connectivity index (χ1n) is 14.0. The van der Waals surface area contributed by atoms with Crippen LogP contribution in [-0.2, 0) is 14.3 Å². The second-order valence-corrected chi connectivity index (χ2v) is 12.4. The largest absolute Gasteiger partial charge is 0.369 e. The molecule has 1 N–H and O–H groups in total. The zero-order chi connectivity index (χ0) is 26.3. The normalized spacial score (nSPS) is 27.4. The van der Waals surface area contributed by atoms with Crippen molar-refractivity contribution in [1.82, 2.24) is 15.1 Å². The number of carbonyl (C=O) groups excluding carboxylic acids is 3. The van der Waals surface area contributed by atoms with E-state index in [-0.39, 0.29) is 41.6 Å². The number of piperazine rings is 1. The molecule has 5 rings (SSSR count). The van der Waals surface area contributed by atoms with Gasteiger partial charge in [0, 0.05) is 49.9 Å². The van der Waals surface area contributed by atoms with Crippen molar-refractivity contribution in [1.29, 1.82) is 0 Å². The van der Waals surface area contributed by atoms with Gasteiger partial charge in [0.15, 0.2) is 5.78 Å². The number of amides is 2. The Kier molecular flexibility index (Phi) is 7.33. The molecule has 1 aromatic carbocycles. The zero-order valence-electron chi connectivity index (χ0n) is 22.7. The van der Waals surface area contributed by atoms with Crippen molar-refractivity contribution in [2.45, 2.75) is 65.1 Å². The molecule has 0 unspecified atom stereocenters. The van der Waals surface area contributed by atoms with E-state index >= 15 is 0 Å². The van der Waals surface area contributed by atoms with Crippen LogP contribution in [0.15, 0.2) is 24.3 Å². The molecule has 3 aliphatic heterocycles. The van der Waals surface area contributed by atoms with Crippen LogP contribution in [0, 0.1) is 17.3 Å². The third kappa shape index (κ3) is 5.70. The third-order valence-corrected chi connectivity index (χ3v) is 8.47. The van der Waals surface area contributed by atoms with E-state index in [9.17, 15) is 14.4 Å². The van der Waals surface area contributed by atoms with Crippen LogP contribution in [0.25, 0.3) is 0 Å². The highest BCUT2D eigenvalue weighted by Gasteiger charge is 2.56. The number of hydrogen-bond donors (Lipinski definition) is 1. The number of likely N-dealkylation sites (N-methyl/N-ethyl adjacent to an activating group) is 1. The van der Waals surface area contributed by atoms with Crippen LogP contribution in [0.1, 0.15) is 57.3 Å². The lowest BCUT2D eigenvalue weighted by Gasteiger charge is -2.35. The monoisotopic (exact) mass is 510 g/mol. The van der Waals surface area contributed by atoms with Crippen molar-refractivity contribution in [3.8, 4) is 0 Å². The van der Waals surface area contributed by atoms with Crippen molar-refractivity contribution in [2.24, 2.45) is 17.3 Å². The van der Waals surface area contributed by atoms with Gasteiger partial charge >= 0.3 is 0 Å². The number of hydrogen-bond acceptors (Lipinski definition) is 6. The van der Waals surface area contributed by atoms with Crippen LogP contribution >= 0.6 is 0 Å². The van der Waals surface area contributed by atoms with Crippen LogP contribution in [-0.4, -0.2) is 91.5 Å². The van der Waals surface area contributed by atoms with E-state index in [0.717, 1.165) is 51.3 Å². The summed E-state index contributed by atoms with van der Waals surface area (Å²) in [5.74, 6) is 0.324. The average molecular weight is 511 g/mol. The lowest BCUT2D eigenvalue weighted by Crippen LogP contribution is -2.53. The molecule has 37 heavy (non-hydrogen) atoms. The average Bonchev–Trinajstić information content (AvgIpc) is 3.55. The van der Waals surface area contributed by atoms with Gasteiger partial charge in [0.2, 0.25) is 5.91 Å². The topological polar surface area (TPSA) is 82.2 Å². The van der Waals surface area contributed by atoms with Gasteiger partial charge in [-0.05, 0) is 61.4 Å². The molecule has 8 heteroatoms. The fourth-order valence-electron chi connectivity index (χ4n) is 6.26. The number of ether oxygens (including phenoxy) is 1. The Bertz CT molecular complexity index is 1010. The minimum absolute atomic E-state index is 0.0160. The molecule has 0 radical (unpaired) electrons. The SMILES string of the molecule is CCN1CCN(c2ccc(C(=O)N[C@@H](CC(C)(C)C)C(=O)N3C[C@H](C4CC4)[C@H]4OCC(=O)[C@H]43)cc2)CC1. The van der Waals surface area contributed by atoms with Crippen molar-refractivity contribution < 1.29 is 19.1 Å². The molecule has 8 nitrogen and oxygen atoms in total. The van der Waals surface area contributed by atoms with Crippen molar-refractivity contribution in [3.05, 3.63) is 29.8 Å². The molecule has 4 aliphatic rings. The first kappa shape index (κ1) is 26.2. The number of likely N-dealkylation sites (tertiary alicyclic amines) is 1. The molecule has 1 aliphatic carbocycles. The summed E-state index contributed by atoms with van der Waals surface area (Å²) in [7, 11) is 0. The van der Waals surface area contributed by atoms with Crippen LogP contribution < -0.4 is 10.2 Å². The number of fused-ring (bicyclic) bond motifs is 1. The van der Waals surface area contributed by atoms with E-state index in [1.54, 1.807) is 4.90 Å². The van der Waals surface area contributed by atoms with Crippen molar-refractivity contribution >= 4 is 23.3 Å². The molecule has 3 saturated heterocycles. The Morgan fingerprint density at radius 1 is 1.08 bits per heavy atom. The summed E-state index contributed by atoms with van der Waals surface area (Å²) in [6.45, 7) is 14.1. The first-order valence-corrected chi connectivity index (χ1v) is 14.0. The zero-order valence-corrected chi connectivity index (χ0v) is 22.7. The molecule has 0 spiro atoms. The summed E-state index contributed by atoms with van der Waals surface area (Å²) in [6.07, 6.45) is 2.58. The Labute approximate surface area is 220 Å². The van der Waals surface area contributed by atoms with Gasteiger partial charge in [-0.3, -0.25) is 14.4 Å². The van der Waals surface area contributed by atoms with Crippen LogP contribution in [0.2, 0.25) is 0 Å². The van der Waals surface area contributed by atoms with Crippen molar-refractivity contribution in [2.75, 3.05) is 50.8 Å². The van der Waals surface area contributed by atoms with Gasteiger partial charge in [0.05, 0.1) is 6.10 Å². The maximum atomic E-state index is 13.9. The van der Waals surface area contributed by atoms with Gasteiger partial charge in [-0.2, -0.15) is 0 Å². The molecule has 4 atom stereocenters. The number of anilines is 1. The highest BCUT2D eigenvalue weighted by atomic mass is 16.5.